The van der Waals surface area contributed by atoms with Crippen LogP contribution in [0.1, 0.15) is 39.7 Å². The van der Waals surface area contributed by atoms with Crippen LogP contribution in [0.5, 0.6) is 0 Å². The molecule has 1 heterocycles. The van der Waals surface area contributed by atoms with Crippen LogP contribution in [-0.2, 0) is 0 Å². The Kier molecular flexibility index (Phi) is 5.15. The van der Waals surface area contributed by atoms with Gasteiger partial charge in [-0.1, -0.05) is 6.92 Å². The van der Waals surface area contributed by atoms with E-state index >= 15 is 0 Å². The van der Waals surface area contributed by atoms with Crippen LogP contribution >= 0.6 is 0 Å². The van der Waals surface area contributed by atoms with Gasteiger partial charge in [0, 0.05) is 24.5 Å². The van der Waals surface area contributed by atoms with Crippen molar-refractivity contribution in [2.45, 2.75) is 45.7 Å². The van der Waals surface area contributed by atoms with Crippen molar-refractivity contribution in [1.29, 1.82) is 0 Å². The minimum absolute atomic E-state index is 0.0713. The van der Waals surface area contributed by atoms with Crippen molar-refractivity contribution in [2.24, 2.45) is 5.73 Å². The largest absolute Gasteiger partial charge is 0.363 e. The highest BCUT2D eigenvalue weighted by Crippen LogP contribution is 2.06. The van der Waals surface area contributed by atoms with E-state index in [2.05, 4.69) is 17.2 Å². The molecule has 17 heavy (non-hydrogen) atoms. The van der Waals surface area contributed by atoms with Crippen LogP contribution < -0.4 is 16.6 Å². The van der Waals surface area contributed by atoms with Gasteiger partial charge in [0.1, 0.15) is 0 Å². The van der Waals surface area contributed by atoms with Crippen molar-refractivity contribution >= 4 is 5.82 Å². The summed E-state index contributed by atoms with van der Waals surface area (Å²) in [5, 5.41) is 3.17. The number of hydrogen-bond acceptors (Lipinski definition) is 4. The molecule has 0 aromatic carbocycles. The summed E-state index contributed by atoms with van der Waals surface area (Å²) < 4.78 is 1.67. The number of nitrogens with zero attached hydrogens (tertiary/aromatic N) is 2. The zero-order chi connectivity index (χ0) is 12.8. The van der Waals surface area contributed by atoms with Gasteiger partial charge < -0.3 is 15.6 Å². The molecule has 0 spiro atoms. The van der Waals surface area contributed by atoms with Gasteiger partial charge in [-0.05, 0) is 33.2 Å². The second kappa shape index (κ2) is 6.39. The molecule has 0 amide bonds. The fraction of sp³-hybridized carbons (Fsp3) is 0.667. The fourth-order valence-electron chi connectivity index (χ4n) is 1.70. The first kappa shape index (κ1) is 13.7. The first-order valence-electron chi connectivity index (χ1n) is 6.13. The molecule has 0 bridgehead atoms. The molecule has 5 nitrogen and oxygen atoms in total. The number of anilines is 1. The number of rotatable bonds is 6. The molecular weight excluding hydrogens is 216 g/mol. The van der Waals surface area contributed by atoms with Gasteiger partial charge in [-0.15, -0.1) is 0 Å². The minimum Gasteiger partial charge on any atom is -0.363 e. The normalized spacial score (nSPS) is 12.8. The summed E-state index contributed by atoms with van der Waals surface area (Å²) >= 11 is 0. The number of nitrogens with two attached hydrogens (primary N) is 1. The summed E-state index contributed by atoms with van der Waals surface area (Å²) in [5.41, 5.74) is 5.46. The zero-order valence-corrected chi connectivity index (χ0v) is 10.8. The van der Waals surface area contributed by atoms with E-state index in [0.29, 0.717) is 12.4 Å². The lowest BCUT2D eigenvalue weighted by Gasteiger charge is -2.17. The zero-order valence-electron chi connectivity index (χ0n) is 10.8. The second-order valence-corrected chi connectivity index (χ2v) is 4.41. The molecule has 0 saturated carbocycles. The Morgan fingerprint density at radius 2 is 2.24 bits per heavy atom. The Labute approximate surface area is 102 Å². The molecule has 0 aliphatic heterocycles. The predicted molar refractivity (Wildman–Crippen MR) is 70.3 cm³/mol. The highest BCUT2D eigenvalue weighted by Gasteiger charge is 2.11. The monoisotopic (exact) mass is 238 g/mol. The maximum Gasteiger partial charge on any atom is 0.293 e. The van der Waals surface area contributed by atoms with E-state index < -0.39 is 0 Å². The van der Waals surface area contributed by atoms with Crippen LogP contribution in [0, 0.1) is 0 Å². The summed E-state index contributed by atoms with van der Waals surface area (Å²) in [6, 6.07) is 0.351. The quantitative estimate of drug-likeness (QED) is 0.785. The topological polar surface area (TPSA) is 72.9 Å². The third-order valence-electron chi connectivity index (χ3n) is 2.77. The van der Waals surface area contributed by atoms with Crippen molar-refractivity contribution in [3.63, 3.8) is 0 Å². The van der Waals surface area contributed by atoms with Crippen LogP contribution in [0.15, 0.2) is 17.2 Å². The smallest absolute Gasteiger partial charge is 0.293 e. The molecular formula is C12H22N4O. The summed E-state index contributed by atoms with van der Waals surface area (Å²) in [6.07, 6.45) is 5.13. The van der Waals surface area contributed by atoms with Crippen molar-refractivity contribution in [1.82, 2.24) is 9.55 Å². The second-order valence-electron chi connectivity index (χ2n) is 4.41. The summed E-state index contributed by atoms with van der Waals surface area (Å²) in [4.78, 5) is 16.2. The fourth-order valence-corrected chi connectivity index (χ4v) is 1.70. The average molecular weight is 238 g/mol. The lowest BCUT2D eigenvalue weighted by molar-refractivity contribution is 0.570. The van der Waals surface area contributed by atoms with Gasteiger partial charge in [0.05, 0.1) is 0 Å². The molecule has 1 aromatic heterocycles. The molecule has 0 aliphatic carbocycles. The summed E-state index contributed by atoms with van der Waals surface area (Å²) in [5.74, 6) is 0.418. The van der Waals surface area contributed by atoms with Crippen LogP contribution in [0.4, 0.5) is 5.82 Å². The summed E-state index contributed by atoms with van der Waals surface area (Å²) in [7, 11) is 0. The van der Waals surface area contributed by atoms with Gasteiger partial charge in [0.25, 0.3) is 5.56 Å². The first-order valence-corrected chi connectivity index (χ1v) is 6.13. The van der Waals surface area contributed by atoms with Crippen molar-refractivity contribution in [3.8, 4) is 0 Å². The standard InChI is InChI=1S/C12H22N4O/c1-4-10(5-6-13)15-11-12(17)16(9(2)3)8-7-14-11/h7-10H,4-6,13H2,1-3H3,(H,14,15). The van der Waals surface area contributed by atoms with E-state index in [1.54, 1.807) is 17.0 Å². The SMILES string of the molecule is CCC(CCN)Nc1nccn(C(C)C)c1=O. The molecule has 3 N–H and O–H groups in total. The molecule has 0 aliphatic rings. The molecule has 0 radical (unpaired) electrons. The Balaban J connectivity index is 2.91. The molecule has 1 unspecified atom stereocenters. The Hall–Kier alpha value is -1.36. The van der Waals surface area contributed by atoms with Crippen LogP contribution in [0.2, 0.25) is 0 Å². The van der Waals surface area contributed by atoms with Crippen molar-refractivity contribution < 1.29 is 0 Å². The lowest BCUT2D eigenvalue weighted by atomic mass is 10.1. The molecule has 96 valence electrons. The first-order chi connectivity index (χ1) is 8.10. The van der Waals surface area contributed by atoms with Crippen LogP contribution in [0.3, 0.4) is 0 Å². The molecule has 1 atom stereocenters. The summed E-state index contributed by atoms with van der Waals surface area (Å²) in [6.45, 7) is 6.62. The molecule has 1 aromatic rings. The molecule has 0 saturated heterocycles. The Morgan fingerprint density at radius 1 is 1.53 bits per heavy atom. The van der Waals surface area contributed by atoms with E-state index in [9.17, 15) is 4.79 Å². The number of nitrogens with one attached hydrogen (secondary N) is 1. The average Bonchev–Trinajstić information content (AvgIpc) is 2.30. The van der Waals surface area contributed by atoms with Gasteiger partial charge >= 0.3 is 0 Å². The molecule has 5 heteroatoms. The van der Waals surface area contributed by atoms with Gasteiger partial charge in [0.2, 0.25) is 0 Å². The predicted octanol–water partition coefficient (Wildman–Crippen LogP) is 1.36. The van der Waals surface area contributed by atoms with Crippen LogP contribution in [-0.4, -0.2) is 22.1 Å². The maximum atomic E-state index is 12.1. The third-order valence-corrected chi connectivity index (χ3v) is 2.77. The number of hydrogen-bond donors (Lipinski definition) is 2. The van der Waals surface area contributed by atoms with Gasteiger partial charge in [-0.2, -0.15) is 0 Å². The Morgan fingerprint density at radius 3 is 2.76 bits per heavy atom. The lowest BCUT2D eigenvalue weighted by Crippen LogP contribution is -2.30. The number of aromatic nitrogens is 2. The van der Waals surface area contributed by atoms with E-state index in [1.165, 1.54) is 0 Å². The van der Waals surface area contributed by atoms with E-state index in [0.717, 1.165) is 12.8 Å². The van der Waals surface area contributed by atoms with E-state index in [-0.39, 0.29) is 17.6 Å². The molecule has 0 fully saturated rings. The van der Waals surface area contributed by atoms with Crippen LogP contribution in [0.25, 0.3) is 0 Å². The van der Waals surface area contributed by atoms with Gasteiger partial charge in [-0.25, -0.2) is 4.98 Å². The van der Waals surface area contributed by atoms with Gasteiger partial charge in [-0.3, -0.25) is 4.79 Å². The van der Waals surface area contributed by atoms with E-state index in [4.69, 9.17) is 5.73 Å². The van der Waals surface area contributed by atoms with Gasteiger partial charge in [0.15, 0.2) is 5.82 Å². The van der Waals surface area contributed by atoms with Crippen molar-refractivity contribution in [3.05, 3.63) is 22.7 Å². The minimum atomic E-state index is -0.0713. The Bertz CT molecular complexity index is 400. The highest BCUT2D eigenvalue weighted by atomic mass is 16.1. The molecule has 1 rings (SSSR count). The van der Waals surface area contributed by atoms with E-state index in [1.807, 2.05) is 13.8 Å². The van der Waals surface area contributed by atoms with Crippen molar-refractivity contribution in [2.75, 3.05) is 11.9 Å². The maximum absolute atomic E-state index is 12.1. The third kappa shape index (κ3) is 3.56. The highest BCUT2D eigenvalue weighted by molar-refractivity contribution is 5.32.